The number of nitrogen functional groups attached to an aromatic ring is 1. The minimum atomic E-state index is -0.686. The summed E-state index contributed by atoms with van der Waals surface area (Å²) in [5.74, 6) is -0.241. The minimum Gasteiger partial charge on any atom is -0.425 e. The van der Waals surface area contributed by atoms with Crippen molar-refractivity contribution in [3.8, 4) is 0 Å². The van der Waals surface area contributed by atoms with Crippen LogP contribution < -0.4 is 11.2 Å². The molecule has 1 aromatic heterocycles. The number of rotatable bonds is 1. The van der Waals surface area contributed by atoms with Crippen LogP contribution in [-0.4, -0.2) is 14.9 Å². The van der Waals surface area contributed by atoms with Gasteiger partial charge in [0.1, 0.15) is 5.82 Å². The molecule has 0 aliphatic rings. The lowest BCUT2D eigenvalue weighted by Crippen LogP contribution is -2.20. The van der Waals surface area contributed by atoms with Crippen LogP contribution in [0.4, 0.5) is 11.5 Å². The van der Waals surface area contributed by atoms with E-state index in [9.17, 15) is 10.1 Å². The highest BCUT2D eigenvalue weighted by Crippen LogP contribution is 2.09. The van der Waals surface area contributed by atoms with Crippen LogP contribution in [0, 0.1) is 15.5 Å². The van der Waals surface area contributed by atoms with Crippen molar-refractivity contribution in [3.63, 3.8) is 0 Å². The van der Waals surface area contributed by atoms with E-state index in [1.807, 2.05) is 0 Å². The predicted octanol–water partition coefficient (Wildman–Crippen LogP) is -0.305. The summed E-state index contributed by atoms with van der Waals surface area (Å²) >= 11 is 0. The summed E-state index contributed by atoms with van der Waals surface area (Å²) in [7, 11) is 0. The zero-order valence-corrected chi connectivity index (χ0v) is 5.89. The van der Waals surface area contributed by atoms with Crippen molar-refractivity contribution < 1.29 is 10.1 Å². The van der Waals surface area contributed by atoms with E-state index in [-0.39, 0.29) is 11.5 Å². The van der Waals surface area contributed by atoms with Crippen molar-refractivity contribution in [2.75, 3.05) is 5.73 Å². The largest absolute Gasteiger partial charge is 0.425 e. The van der Waals surface area contributed by atoms with Crippen molar-refractivity contribution in [1.29, 1.82) is 5.41 Å². The molecule has 0 fully saturated rings. The smallest absolute Gasteiger partial charge is 0.276 e. The van der Waals surface area contributed by atoms with E-state index >= 15 is 0 Å². The Morgan fingerprint density at radius 1 is 1.67 bits per heavy atom. The van der Waals surface area contributed by atoms with Gasteiger partial charge in [-0.05, 0) is 0 Å². The van der Waals surface area contributed by atoms with Crippen molar-refractivity contribution in [2.45, 2.75) is 0 Å². The van der Waals surface area contributed by atoms with Gasteiger partial charge < -0.3 is 10.9 Å². The second-order valence-corrected chi connectivity index (χ2v) is 2.09. The van der Waals surface area contributed by atoms with Crippen molar-refractivity contribution in [2.24, 2.45) is 0 Å². The topological polar surface area (TPSA) is 118 Å². The Hall–Kier alpha value is -2.05. The van der Waals surface area contributed by atoms with Gasteiger partial charge in [0.15, 0.2) is 5.49 Å². The number of anilines is 1. The standard InChI is InChI=1S/C5H6N4O3/c6-4-1-3(9(11)12)2-5(7)8(4)10/h1-2,6,10H,7H2. The summed E-state index contributed by atoms with van der Waals surface area (Å²) in [6.07, 6.45) is 0. The van der Waals surface area contributed by atoms with Crippen LogP contribution in [0.1, 0.15) is 0 Å². The molecule has 0 atom stereocenters. The first-order chi connectivity index (χ1) is 5.52. The van der Waals surface area contributed by atoms with E-state index in [4.69, 9.17) is 16.4 Å². The van der Waals surface area contributed by atoms with Gasteiger partial charge in [0.2, 0.25) is 0 Å². The van der Waals surface area contributed by atoms with Crippen molar-refractivity contribution in [1.82, 2.24) is 4.73 Å². The highest BCUT2D eigenvalue weighted by Gasteiger charge is 2.08. The van der Waals surface area contributed by atoms with E-state index in [1.165, 1.54) is 0 Å². The number of aromatic nitrogens is 1. The van der Waals surface area contributed by atoms with Gasteiger partial charge in [0.05, 0.1) is 17.1 Å². The molecule has 0 saturated heterocycles. The zero-order chi connectivity index (χ0) is 9.30. The molecule has 0 unspecified atom stereocenters. The molecule has 0 saturated carbocycles. The number of pyridine rings is 1. The Balaban J connectivity index is 3.41. The number of nitro groups is 1. The number of hydrogen-bond acceptors (Lipinski definition) is 5. The molecule has 0 aliphatic carbocycles. The average molecular weight is 170 g/mol. The molecule has 7 heteroatoms. The van der Waals surface area contributed by atoms with Gasteiger partial charge in [-0.2, -0.15) is 4.73 Å². The fourth-order valence-corrected chi connectivity index (χ4v) is 0.700. The van der Waals surface area contributed by atoms with E-state index in [2.05, 4.69) is 0 Å². The molecule has 0 aromatic carbocycles. The molecule has 0 aliphatic heterocycles. The van der Waals surface area contributed by atoms with Crippen molar-refractivity contribution >= 4 is 11.5 Å². The lowest BCUT2D eigenvalue weighted by molar-refractivity contribution is -0.385. The van der Waals surface area contributed by atoms with Crippen LogP contribution in [-0.2, 0) is 0 Å². The van der Waals surface area contributed by atoms with Crippen molar-refractivity contribution in [3.05, 3.63) is 27.7 Å². The lowest BCUT2D eigenvalue weighted by Gasteiger charge is -2.00. The number of nitrogens with one attached hydrogen (secondary N) is 1. The molecular formula is C5H6N4O3. The van der Waals surface area contributed by atoms with E-state index in [0.717, 1.165) is 12.1 Å². The monoisotopic (exact) mass is 170 g/mol. The van der Waals surface area contributed by atoms with Gasteiger partial charge in [0.25, 0.3) is 5.69 Å². The third kappa shape index (κ3) is 1.19. The second kappa shape index (κ2) is 2.53. The first-order valence-electron chi connectivity index (χ1n) is 2.93. The van der Waals surface area contributed by atoms with E-state index in [1.54, 1.807) is 0 Å². The number of nitrogens with two attached hydrogens (primary N) is 1. The molecule has 12 heavy (non-hydrogen) atoms. The quantitative estimate of drug-likeness (QED) is 0.304. The van der Waals surface area contributed by atoms with Crippen LogP contribution in [0.3, 0.4) is 0 Å². The molecule has 1 heterocycles. The molecular weight excluding hydrogens is 164 g/mol. The lowest BCUT2D eigenvalue weighted by atomic mass is 10.4. The van der Waals surface area contributed by atoms with E-state index in [0.29, 0.717) is 4.73 Å². The Bertz CT molecular complexity index is 383. The number of nitrogens with zero attached hydrogens (tertiary/aromatic N) is 2. The third-order valence-electron chi connectivity index (χ3n) is 1.26. The van der Waals surface area contributed by atoms with Gasteiger partial charge in [0, 0.05) is 0 Å². The van der Waals surface area contributed by atoms with Gasteiger partial charge >= 0.3 is 0 Å². The van der Waals surface area contributed by atoms with Gasteiger partial charge in [-0.25, -0.2) is 0 Å². The van der Waals surface area contributed by atoms with Gasteiger partial charge in [-0.3, -0.25) is 15.5 Å². The first kappa shape index (κ1) is 8.05. The highest BCUT2D eigenvalue weighted by atomic mass is 16.6. The predicted molar refractivity (Wildman–Crippen MR) is 38.5 cm³/mol. The Morgan fingerprint density at radius 2 is 2.25 bits per heavy atom. The van der Waals surface area contributed by atoms with Crippen LogP contribution >= 0.6 is 0 Å². The summed E-state index contributed by atoms with van der Waals surface area (Å²) in [6.45, 7) is 0. The van der Waals surface area contributed by atoms with Crippen LogP contribution in [0.5, 0.6) is 0 Å². The maximum Gasteiger partial charge on any atom is 0.276 e. The summed E-state index contributed by atoms with van der Waals surface area (Å²) in [5.41, 5.74) is 4.40. The molecule has 4 N–H and O–H groups in total. The normalized spacial score (nSPS) is 9.67. The molecule has 7 nitrogen and oxygen atoms in total. The fraction of sp³-hybridized carbons (Fsp3) is 0. The zero-order valence-electron chi connectivity index (χ0n) is 5.89. The summed E-state index contributed by atoms with van der Waals surface area (Å²) in [5, 5.41) is 26.1. The molecule has 64 valence electrons. The Morgan fingerprint density at radius 3 is 2.67 bits per heavy atom. The van der Waals surface area contributed by atoms with E-state index < -0.39 is 10.4 Å². The Labute approximate surface area is 66.3 Å². The second-order valence-electron chi connectivity index (χ2n) is 2.09. The van der Waals surface area contributed by atoms with Gasteiger partial charge in [-0.15, -0.1) is 0 Å². The number of hydrogen-bond donors (Lipinski definition) is 3. The molecule has 0 amide bonds. The summed E-state index contributed by atoms with van der Waals surface area (Å²) < 4.78 is 0.354. The minimum absolute atomic E-state index is 0.241. The molecule has 1 rings (SSSR count). The van der Waals surface area contributed by atoms with Crippen LogP contribution in [0.25, 0.3) is 0 Å². The summed E-state index contributed by atoms with van der Waals surface area (Å²) in [4.78, 5) is 9.51. The van der Waals surface area contributed by atoms with Crippen LogP contribution in [0.15, 0.2) is 12.1 Å². The fourth-order valence-electron chi connectivity index (χ4n) is 0.700. The molecule has 0 bridgehead atoms. The molecule has 0 radical (unpaired) electrons. The van der Waals surface area contributed by atoms with Gasteiger partial charge in [-0.1, -0.05) is 0 Å². The third-order valence-corrected chi connectivity index (χ3v) is 1.26. The maximum atomic E-state index is 10.2. The summed E-state index contributed by atoms with van der Waals surface area (Å²) in [6, 6.07) is 1.87. The molecule has 0 spiro atoms. The maximum absolute atomic E-state index is 10.2. The SMILES string of the molecule is N=c1cc([N+](=O)[O-])cc(N)n1O. The molecule has 1 aromatic rings. The average Bonchev–Trinajstić information content (AvgIpc) is 1.99. The van der Waals surface area contributed by atoms with Crippen LogP contribution in [0.2, 0.25) is 0 Å². The highest BCUT2D eigenvalue weighted by molar-refractivity contribution is 5.40. The Kier molecular flexibility index (Phi) is 1.70. The first-order valence-corrected chi connectivity index (χ1v) is 2.93.